The van der Waals surface area contributed by atoms with Crippen LogP contribution >= 0.6 is 12.4 Å². The van der Waals surface area contributed by atoms with E-state index in [1.165, 1.54) is 0 Å². The molecule has 0 amide bonds. The molecule has 11 heteroatoms. The molecule has 0 aromatic heterocycles. The summed E-state index contributed by atoms with van der Waals surface area (Å²) < 4.78 is 0. The average Bonchev–Trinajstić information content (AvgIpc) is 2.34. The lowest BCUT2D eigenvalue weighted by molar-refractivity contribution is 0.0696. The van der Waals surface area contributed by atoms with Crippen LogP contribution in [0.15, 0.2) is 6.07 Å². The van der Waals surface area contributed by atoms with Crippen LogP contribution in [0.25, 0.3) is 0 Å². The van der Waals surface area contributed by atoms with Gasteiger partial charge < -0.3 is 28.0 Å². The maximum absolute atomic E-state index is 11.3. The van der Waals surface area contributed by atoms with Crippen molar-refractivity contribution < 1.29 is 9.90 Å². The van der Waals surface area contributed by atoms with Crippen LogP contribution in [0.2, 0.25) is 0 Å². The van der Waals surface area contributed by atoms with Crippen molar-refractivity contribution in [2.75, 3.05) is 0 Å². The molecule has 0 aliphatic carbocycles. The smallest absolute Gasteiger partial charge is 0.336 e. The summed E-state index contributed by atoms with van der Waals surface area (Å²) >= 11 is 0. The zero-order valence-electron chi connectivity index (χ0n) is 11.2. The van der Waals surface area contributed by atoms with E-state index in [0.29, 0.717) is 0 Å². The van der Waals surface area contributed by atoms with Crippen LogP contribution in [0.3, 0.4) is 0 Å². The van der Waals surface area contributed by atoms with E-state index in [1.807, 2.05) is 0 Å². The molecule has 118 valence electrons. The van der Waals surface area contributed by atoms with Gasteiger partial charge in [-0.1, -0.05) is 0 Å². The molecule has 1 aromatic rings. The Morgan fingerprint density at radius 2 is 1.14 bits per heavy atom. The minimum absolute atomic E-state index is 0. The number of nitrogens with one attached hydrogen (secondary N) is 4. The van der Waals surface area contributed by atoms with Crippen molar-refractivity contribution in [1.29, 1.82) is 21.6 Å². The molecule has 0 atom stereocenters. The number of benzene rings is 1. The van der Waals surface area contributed by atoms with Crippen LogP contribution < -0.4 is 22.9 Å². The Hall–Kier alpha value is -3.14. The maximum Gasteiger partial charge on any atom is 0.336 e. The van der Waals surface area contributed by atoms with Crippen LogP contribution in [0.4, 0.5) is 0 Å². The molecule has 0 aliphatic heterocycles. The lowest BCUT2D eigenvalue weighted by Gasteiger charge is -2.18. The van der Waals surface area contributed by atoms with E-state index < -0.39 is 34.9 Å². The van der Waals surface area contributed by atoms with Gasteiger partial charge in [-0.2, -0.15) is 0 Å². The van der Waals surface area contributed by atoms with Crippen molar-refractivity contribution in [1.82, 2.24) is 0 Å². The average molecular weight is 327 g/mol. The Bertz CT molecular complexity index is 662. The predicted octanol–water partition coefficient (Wildman–Crippen LogP) is -1.06. The molecule has 0 saturated carbocycles. The highest BCUT2D eigenvalue weighted by Gasteiger charge is 2.27. The van der Waals surface area contributed by atoms with Crippen LogP contribution in [0.1, 0.15) is 32.6 Å². The molecule has 13 N–H and O–H groups in total. The van der Waals surface area contributed by atoms with Crippen LogP contribution in [-0.2, 0) is 0 Å². The zero-order valence-corrected chi connectivity index (χ0v) is 12.0. The molecule has 0 unspecified atom stereocenters. The summed E-state index contributed by atoms with van der Waals surface area (Å²) in [7, 11) is 0. The van der Waals surface area contributed by atoms with Crippen molar-refractivity contribution in [3.8, 4) is 0 Å². The Morgan fingerprint density at radius 1 is 0.773 bits per heavy atom. The monoisotopic (exact) mass is 326 g/mol. The normalized spacial score (nSPS) is 9.45. The molecule has 1 aromatic carbocycles. The second kappa shape index (κ2) is 6.54. The molecule has 10 nitrogen and oxygen atoms in total. The van der Waals surface area contributed by atoms with Crippen molar-refractivity contribution in [3.05, 3.63) is 33.9 Å². The lowest BCUT2D eigenvalue weighted by Crippen LogP contribution is -2.32. The van der Waals surface area contributed by atoms with Gasteiger partial charge in [-0.05, 0) is 6.07 Å². The summed E-state index contributed by atoms with van der Waals surface area (Å²) in [5.74, 6) is -3.88. The molecule has 0 aliphatic rings. The van der Waals surface area contributed by atoms with Gasteiger partial charge in [0.05, 0.1) is 5.56 Å². The molecule has 0 saturated heterocycles. The van der Waals surface area contributed by atoms with Crippen molar-refractivity contribution >= 4 is 41.7 Å². The van der Waals surface area contributed by atoms with E-state index in [4.69, 9.17) is 44.6 Å². The topological polar surface area (TPSA) is 237 Å². The SMILES string of the molecule is Cl.N=C(N)c1cc(C(=O)O)c(C(=N)N)c(C(=N)N)c1C(=N)N. The molecule has 0 fully saturated rings. The number of carboxylic acids is 1. The highest BCUT2D eigenvalue weighted by molar-refractivity contribution is 6.22. The van der Waals surface area contributed by atoms with Gasteiger partial charge in [0.2, 0.25) is 0 Å². The largest absolute Gasteiger partial charge is 0.478 e. The fourth-order valence-corrected chi connectivity index (χ4v) is 1.89. The van der Waals surface area contributed by atoms with Gasteiger partial charge in [-0.3, -0.25) is 21.6 Å². The molecule has 0 radical (unpaired) electrons. The second-order valence-electron chi connectivity index (χ2n) is 4.06. The minimum atomic E-state index is -1.44. The van der Waals surface area contributed by atoms with E-state index in [1.54, 1.807) is 0 Å². The van der Waals surface area contributed by atoms with Gasteiger partial charge in [0.25, 0.3) is 0 Å². The number of aromatic carboxylic acids is 1. The van der Waals surface area contributed by atoms with Crippen molar-refractivity contribution in [3.63, 3.8) is 0 Å². The van der Waals surface area contributed by atoms with Crippen molar-refractivity contribution in [2.45, 2.75) is 0 Å². The molecule has 0 heterocycles. The van der Waals surface area contributed by atoms with Gasteiger partial charge >= 0.3 is 5.97 Å². The van der Waals surface area contributed by atoms with Crippen LogP contribution in [0.5, 0.6) is 0 Å². The number of hydrogen-bond acceptors (Lipinski definition) is 5. The Morgan fingerprint density at radius 3 is 1.41 bits per heavy atom. The van der Waals surface area contributed by atoms with E-state index in [0.717, 1.165) is 6.07 Å². The number of hydrogen-bond donors (Lipinski definition) is 9. The Balaban J connectivity index is 0.00000441. The predicted molar refractivity (Wildman–Crippen MR) is 84.7 cm³/mol. The third-order valence-electron chi connectivity index (χ3n) is 2.66. The van der Waals surface area contributed by atoms with E-state index in [2.05, 4.69) is 0 Å². The minimum Gasteiger partial charge on any atom is -0.478 e. The van der Waals surface area contributed by atoms with Gasteiger partial charge in [-0.15, -0.1) is 12.4 Å². The Kier molecular flexibility index (Phi) is 5.61. The van der Waals surface area contributed by atoms with Gasteiger partial charge in [-0.25, -0.2) is 4.79 Å². The number of nitrogen functional groups attached to an aromatic ring is 4. The highest BCUT2D eigenvalue weighted by atomic mass is 35.5. The number of carboxylic acid groups (broad SMARTS) is 1. The van der Waals surface area contributed by atoms with Gasteiger partial charge in [0.15, 0.2) is 0 Å². The summed E-state index contributed by atoms with van der Waals surface area (Å²) in [5, 5.41) is 39.2. The molecule has 1 rings (SSSR count). The maximum atomic E-state index is 11.3. The summed E-state index contributed by atoms with van der Waals surface area (Å²) in [6.45, 7) is 0. The van der Waals surface area contributed by atoms with Crippen LogP contribution in [0, 0.1) is 21.6 Å². The van der Waals surface area contributed by atoms with Crippen molar-refractivity contribution in [2.24, 2.45) is 22.9 Å². The van der Waals surface area contributed by atoms with E-state index in [-0.39, 0.29) is 34.7 Å². The quantitative estimate of drug-likeness (QED) is 0.241. The molecule has 0 bridgehead atoms. The first-order chi connectivity index (χ1) is 9.59. The zero-order chi connectivity index (χ0) is 16.5. The number of amidine groups is 4. The summed E-state index contributed by atoms with van der Waals surface area (Å²) in [6, 6.07) is 0.977. The van der Waals surface area contributed by atoms with Crippen LogP contribution in [-0.4, -0.2) is 34.4 Å². The second-order valence-corrected chi connectivity index (χ2v) is 4.06. The third-order valence-corrected chi connectivity index (χ3v) is 2.66. The fraction of sp³-hybridized carbons (Fsp3) is 0. The fourth-order valence-electron chi connectivity index (χ4n) is 1.89. The Labute approximate surface area is 130 Å². The van der Waals surface area contributed by atoms with E-state index in [9.17, 15) is 9.90 Å². The summed E-state index contributed by atoms with van der Waals surface area (Å²) in [4.78, 5) is 11.3. The van der Waals surface area contributed by atoms with E-state index >= 15 is 0 Å². The number of carbonyl (C=O) groups is 1. The number of nitrogens with two attached hydrogens (primary N) is 4. The van der Waals surface area contributed by atoms with Gasteiger partial charge in [0, 0.05) is 22.3 Å². The summed E-state index contributed by atoms with van der Waals surface area (Å²) in [6.07, 6.45) is 0. The first kappa shape index (κ1) is 18.9. The lowest BCUT2D eigenvalue weighted by atomic mass is 9.89. The first-order valence-electron chi connectivity index (χ1n) is 5.41. The third kappa shape index (κ3) is 3.12. The molecule has 0 spiro atoms. The molecule has 22 heavy (non-hydrogen) atoms. The molecular weight excluding hydrogens is 312 g/mol. The summed E-state index contributed by atoms with van der Waals surface area (Å²) in [5.41, 5.74) is 20.0. The highest BCUT2D eigenvalue weighted by Crippen LogP contribution is 2.23. The van der Waals surface area contributed by atoms with Gasteiger partial charge in [0.1, 0.15) is 23.3 Å². The number of rotatable bonds is 5. The molecular formula is C11H15ClN8O2. The number of halogens is 1. The standard InChI is InChI=1S/C11H14N8O2.ClH/c12-7(13)2-1-3(11(20)21)5(9(16)17)6(10(18)19)4(2)8(14)15;/h1H,(H3,12,13)(H3,14,15)(H3,16,17)(H3,18,19)(H,20,21);1H. The first-order valence-corrected chi connectivity index (χ1v) is 5.41.